The first-order valence-corrected chi connectivity index (χ1v) is 8.74. The molecule has 0 aliphatic rings. The molecule has 126 valence electrons. The third-order valence-corrected chi connectivity index (χ3v) is 4.94. The van der Waals surface area contributed by atoms with Crippen LogP contribution >= 0.6 is 0 Å². The summed E-state index contributed by atoms with van der Waals surface area (Å²) in [6, 6.07) is 10.7. The maximum atomic E-state index is 6.45. The van der Waals surface area contributed by atoms with E-state index in [2.05, 4.69) is 73.9 Å². The van der Waals surface area contributed by atoms with E-state index in [0.29, 0.717) is 5.92 Å². The second-order valence-corrected chi connectivity index (χ2v) is 7.14. The second-order valence-electron chi connectivity index (χ2n) is 7.14. The number of aromatic nitrogens is 2. The van der Waals surface area contributed by atoms with Crippen LogP contribution in [0.4, 0.5) is 0 Å². The van der Waals surface area contributed by atoms with E-state index in [4.69, 9.17) is 4.42 Å². The van der Waals surface area contributed by atoms with Gasteiger partial charge in [0.05, 0.1) is 5.69 Å². The summed E-state index contributed by atoms with van der Waals surface area (Å²) in [5, 5.41) is 2.23. The van der Waals surface area contributed by atoms with Crippen LogP contribution in [0.5, 0.6) is 0 Å². The summed E-state index contributed by atoms with van der Waals surface area (Å²) < 4.78 is 8.58. The molecule has 0 amide bonds. The average molecular weight is 331 g/mol. The molecule has 4 aromatic rings. The lowest BCUT2D eigenvalue weighted by Gasteiger charge is -2.05. The predicted octanol–water partition coefficient (Wildman–Crippen LogP) is 5.21. The van der Waals surface area contributed by atoms with Crippen molar-refractivity contribution in [1.29, 1.82) is 0 Å². The number of hydrogen-bond donors (Lipinski definition) is 0. The highest BCUT2D eigenvalue weighted by Gasteiger charge is 2.22. The summed E-state index contributed by atoms with van der Waals surface area (Å²) in [6.45, 7) is 8.56. The van der Waals surface area contributed by atoms with Crippen molar-refractivity contribution >= 4 is 21.9 Å². The van der Waals surface area contributed by atoms with Gasteiger partial charge < -0.3 is 4.42 Å². The van der Waals surface area contributed by atoms with E-state index in [1.807, 2.05) is 13.1 Å². The Labute approximate surface area is 147 Å². The van der Waals surface area contributed by atoms with Crippen molar-refractivity contribution in [3.63, 3.8) is 0 Å². The van der Waals surface area contributed by atoms with Gasteiger partial charge >= 0.3 is 0 Å². The Morgan fingerprint density at radius 2 is 1.84 bits per heavy atom. The molecule has 0 unspecified atom stereocenters. The molecule has 0 saturated carbocycles. The Hall–Kier alpha value is -2.68. The minimum Gasteiger partial charge on any atom is -0.455 e. The molecule has 1 aromatic carbocycles. The van der Waals surface area contributed by atoms with Gasteiger partial charge in [0.1, 0.15) is 18.2 Å². The number of pyridine rings is 2. The molecular formula is C22H23N2O+. The fraction of sp³-hybridized carbons (Fsp3) is 0.273. The molecule has 0 atom stereocenters. The minimum atomic E-state index is 0.414. The first-order valence-electron chi connectivity index (χ1n) is 8.74. The molecule has 0 aliphatic heterocycles. The van der Waals surface area contributed by atoms with Crippen LogP contribution in [0.15, 0.2) is 47.1 Å². The van der Waals surface area contributed by atoms with Crippen LogP contribution in [0.3, 0.4) is 0 Å². The first-order chi connectivity index (χ1) is 12.0. The third kappa shape index (κ3) is 2.42. The molecule has 4 rings (SSSR count). The van der Waals surface area contributed by atoms with E-state index in [0.717, 1.165) is 38.9 Å². The predicted molar refractivity (Wildman–Crippen MR) is 102 cm³/mol. The van der Waals surface area contributed by atoms with Crippen molar-refractivity contribution in [3.05, 3.63) is 59.5 Å². The number of nitrogens with zero attached hydrogens (tertiary/aromatic N) is 2. The molecule has 3 nitrogen and oxygen atoms in total. The molecule has 0 saturated heterocycles. The molecule has 3 aromatic heterocycles. The molecular weight excluding hydrogens is 308 g/mol. The smallest absolute Gasteiger partial charge is 0.218 e. The summed E-state index contributed by atoms with van der Waals surface area (Å²) in [6.07, 6.45) is 4.03. The molecule has 3 heterocycles. The van der Waals surface area contributed by atoms with Gasteiger partial charge in [-0.05, 0) is 30.9 Å². The van der Waals surface area contributed by atoms with Crippen molar-refractivity contribution in [2.45, 2.75) is 33.6 Å². The van der Waals surface area contributed by atoms with Crippen LogP contribution in [0.1, 0.15) is 36.6 Å². The highest BCUT2D eigenvalue weighted by atomic mass is 16.3. The Balaban J connectivity index is 2.15. The summed E-state index contributed by atoms with van der Waals surface area (Å²) in [5.41, 5.74) is 7.57. The fourth-order valence-electron chi connectivity index (χ4n) is 3.54. The van der Waals surface area contributed by atoms with Crippen molar-refractivity contribution in [1.82, 2.24) is 4.98 Å². The zero-order valence-corrected chi connectivity index (χ0v) is 15.4. The minimum absolute atomic E-state index is 0.414. The van der Waals surface area contributed by atoms with Crippen molar-refractivity contribution in [2.75, 3.05) is 0 Å². The summed E-state index contributed by atoms with van der Waals surface area (Å²) >= 11 is 0. The van der Waals surface area contributed by atoms with Gasteiger partial charge in [-0.1, -0.05) is 32.0 Å². The maximum absolute atomic E-state index is 6.45. The standard InChI is InChI=1S/C22H23N2O/c1-13(2)16-7-6-8-17-18-12-23-15(4)20(22(18)25-21(16)17)19-11-14(3)9-10-24(19)5/h6-13H,1-5H3/q+1. The Morgan fingerprint density at radius 3 is 2.60 bits per heavy atom. The highest BCUT2D eigenvalue weighted by molar-refractivity contribution is 6.09. The zero-order valence-electron chi connectivity index (χ0n) is 15.4. The summed E-state index contributed by atoms with van der Waals surface area (Å²) in [5.74, 6) is 0.414. The van der Waals surface area contributed by atoms with Gasteiger partial charge in [-0.15, -0.1) is 0 Å². The highest BCUT2D eigenvalue weighted by Crippen LogP contribution is 2.38. The number of rotatable bonds is 2. The molecule has 3 heteroatoms. The third-order valence-electron chi connectivity index (χ3n) is 4.94. The van der Waals surface area contributed by atoms with Gasteiger partial charge in [-0.2, -0.15) is 0 Å². The summed E-state index contributed by atoms with van der Waals surface area (Å²) in [4.78, 5) is 4.68. The number of para-hydroxylation sites is 1. The largest absolute Gasteiger partial charge is 0.455 e. The van der Waals surface area contributed by atoms with E-state index in [1.54, 1.807) is 0 Å². The first kappa shape index (κ1) is 15.8. The molecule has 25 heavy (non-hydrogen) atoms. The quantitative estimate of drug-likeness (QED) is 0.472. The van der Waals surface area contributed by atoms with Crippen LogP contribution in [0.25, 0.3) is 33.2 Å². The topological polar surface area (TPSA) is 29.9 Å². The van der Waals surface area contributed by atoms with Crippen molar-refractivity contribution in [2.24, 2.45) is 7.05 Å². The normalized spacial score (nSPS) is 11.8. The monoisotopic (exact) mass is 331 g/mol. The molecule has 0 radical (unpaired) electrons. The number of fused-ring (bicyclic) bond motifs is 3. The molecule has 0 spiro atoms. The van der Waals surface area contributed by atoms with E-state index in [9.17, 15) is 0 Å². The van der Waals surface area contributed by atoms with Crippen molar-refractivity contribution in [3.8, 4) is 11.3 Å². The van der Waals surface area contributed by atoms with E-state index < -0.39 is 0 Å². The van der Waals surface area contributed by atoms with Crippen LogP contribution in [0.2, 0.25) is 0 Å². The summed E-state index contributed by atoms with van der Waals surface area (Å²) in [7, 11) is 2.06. The van der Waals surface area contributed by atoms with Crippen LogP contribution in [-0.2, 0) is 7.05 Å². The maximum Gasteiger partial charge on any atom is 0.218 e. The van der Waals surface area contributed by atoms with Gasteiger partial charge in [0, 0.05) is 29.1 Å². The van der Waals surface area contributed by atoms with Gasteiger partial charge in [0.25, 0.3) is 0 Å². The van der Waals surface area contributed by atoms with Gasteiger partial charge in [-0.25, -0.2) is 4.57 Å². The molecule has 0 N–H and O–H groups in total. The van der Waals surface area contributed by atoms with Gasteiger partial charge in [-0.3, -0.25) is 4.98 Å². The van der Waals surface area contributed by atoms with Gasteiger partial charge in [0.2, 0.25) is 5.69 Å². The number of benzene rings is 1. The lowest BCUT2D eigenvalue weighted by molar-refractivity contribution is -0.660. The second kappa shape index (κ2) is 5.69. The molecule has 0 aliphatic carbocycles. The molecule has 0 bridgehead atoms. The molecule has 0 fully saturated rings. The van der Waals surface area contributed by atoms with Crippen molar-refractivity contribution < 1.29 is 8.98 Å². The Kier molecular flexibility index (Phi) is 3.60. The SMILES string of the molecule is Cc1cc[n+](C)c(-c2c(C)ncc3c2oc2c(C(C)C)cccc23)c1. The number of aryl methyl sites for hydroxylation is 3. The lowest BCUT2D eigenvalue weighted by atomic mass is 10.00. The zero-order chi connectivity index (χ0) is 17.7. The van der Waals surface area contributed by atoms with E-state index >= 15 is 0 Å². The number of furan rings is 1. The van der Waals surface area contributed by atoms with Gasteiger partial charge in [0.15, 0.2) is 11.8 Å². The Bertz CT molecular complexity index is 1110. The fourth-order valence-corrected chi connectivity index (χ4v) is 3.54. The van der Waals surface area contributed by atoms with Crippen LogP contribution in [0, 0.1) is 13.8 Å². The Morgan fingerprint density at radius 1 is 1.04 bits per heavy atom. The lowest BCUT2D eigenvalue weighted by Crippen LogP contribution is -2.30. The van der Waals surface area contributed by atoms with E-state index in [1.165, 1.54) is 11.1 Å². The average Bonchev–Trinajstić information content (AvgIpc) is 2.95. The van der Waals surface area contributed by atoms with E-state index in [-0.39, 0.29) is 0 Å². The number of hydrogen-bond acceptors (Lipinski definition) is 2. The van der Waals surface area contributed by atoms with Crippen LogP contribution in [-0.4, -0.2) is 4.98 Å². The van der Waals surface area contributed by atoms with Crippen LogP contribution < -0.4 is 4.57 Å².